The van der Waals surface area contributed by atoms with Crippen LogP contribution in [-0.2, 0) is 20.1 Å². The van der Waals surface area contributed by atoms with E-state index in [2.05, 4.69) is 25.9 Å². The summed E-state index contributed by atoms with van der Waals surface area (Å²) in [6.07, 6.45) is 0. The molecule has 1 aliphatic rings. The van der Waals surface area contributed by atoms with Crippen molar-refractivity contribution in [3.05, 3.63) is 91.0 Å². The minimum atomic E-state index is -0.494. The Labute approximate surface area is 179 Å². The van der Waals surface area contributed by atoms with Gasteiger partial charge in [0.2, 0.25) is 5.95 Å². The lowest BCUT2D eigenvalue weighted by atomic mass is 10.1. The number of hydrazone groups is 1. The van der Waals surface area contributed by atoms with Crippen LogP contribution in [-0.4, -0.2) is 24.8 Å². The molecule has 8 nitrogen and oxygen atoms in total. The fraction of sp³-hybridized carbons (Fsp3) is 0.143. The smallest absolute Gasteiger partial charge is 0.297 e. The molecule has 30 heavy (non-hydrogen) atoms. The zero-order valence-corrected chi connectivity index (χ0v) is 17.6. The molecule has 0 aliphatic carbocycles. The van der Waals surface area contributed by atoms with E-state index in [-0.39, 0.29) is 0 Å². The SMILES string of the molecule is Cn1c(=O)[nH]c(=O)c2c1nc1n2CC(c2ccc(Br)cc2)=NN1Cc1ccccc1. The zero-order chi connectivity index (χ0) is 20.8. The fourth-order valence-electron chi connectivity index (χ4n) is 3.60. The lowest BCUT2D eigenvalue weighted by Gasteiger charge is -2.26. The predicted molar refractivity (Wildman–Crippen MR) is 119 cm³/mol. The summed E-state index contributed by atoms with van der Waals surface area (Å²) in [6, 6.07) is 17.8. The second-order valence-electron chi connectivity index (χ2n) is 7.09. The van der Waals surface area contributed by atoms with Crippen molar-refractivity contribution in [2.45, 2.75) is 13.1 Å². The van der Waals surface area contributed by atoms with Crippen molar-refractivity contribution in [3.63, 3.8) is 0 Å². The number of aryl methyl sites for hydroxylation is 1. The maximum atomic E-state index is 12.6. The molecule has 0 fully saturated rings. The summed E-state index contributed by atoms with van der Waals surface area (Å²) in [5.74, 6) is 0.529. The molecule has 0 spiro atoms. The van der Waals surface area contributed by atoms with Crippen molar-refractivity contribution in [2.75, 3.05) is 5.01 Å². The molecule has 9 heteroatoms. The number of hydrogen-bond acceptors (Lipinski definition) is 5. The van der Waals surface area contributed by atoms with Crippen LogP contribution >= 0.6 is 15.9 Å². The Morgan fingerprint density at radius 1 is 1.07 bits per heavy atom. The molecule has 0 atom stereocenters. The topological polar surface area (TPSA) is 88.3 Å². The summed E-state index contributed by atoms with van der Waals surface area (Å²) in [7, 11) is 1.59. The van der Waals surface area contributed by atoms with Gasteiger partial charge in [0.15, 0.2) is 11.2 Å². The highest BCUT2D eigenvalue weighted by atomic mass is 79.9. The summed E-state index contributed by atoms with van der Waals surface area (Å²) in [6.45, 7) is 0.857. The summed E-state index contributed by atoms with van der Waals surface area (Å²) in [4.78, 5) is 31.7. The highest BCUT2D eigenvalue weighted by molar-refractivity contribution is 9.10. The molecule has 1 aliphatic heterocycles. The number of benzene rings is 2. The van der Waals surface area contributed by atoms with E-state index in [0.29, 0.717) is 30.2 Å². The second-order valence-corrected chi connectivity index (χ2v) is 8.00. The Kier molecular flexibility index (Phi) is 4.39. The van der Waals surface area contributed by atoms with E-state index in [1.54, 1.807) is 12.1 Å². The number of fused-ring (bicyclic) bond motifs is 3. The molecule has 0 bridgehead atoms. The number of rotatable bonds is 3. The minimum Gasteiger partial charge on any atom is -0.297 e. The van der Waals surface area contributed by atoms with Crippen LogP contribution in [0.2, 0.25) is 0 Å². The number of nitrogens with one attached hydrogen (secondary N) is 1. The number of imidazole rings is 1. The van der Waals surface area contributed by atoms with Crippen molar-refractivity contribution in [2.24, 2.45) is 12.1 Å². The van der Waals surface area contributed by atoms with Gasteiger partial charge in [-0.3, -0.25) is 18.9 Å². The van der Waals surface area contributed by atoms with Gasteiger partial charge in [-0.25, -0.2) is 9.80 Å². The monoisotopic (exact) mass is 464 g/mol. The first-order valence-electron chi connectivity index (χ1n) is 9.35. The Morgan fingerprint density at radius 3 is 2.53 bits per heavy atom. The molecular weight excluding hydrogens is 448 g/mol. The third-order valence-electron chi connectivity index (χ3n) is 5.12. The van der Waals surface area contributed by atoms with E-state index >= 15 is 0 Å². The number of hydrogen-bond donors (Lipinski definition) is 1. The van der Waals surface area contributed by atoms with Gasteiger partial charge >= 0.3 is 5.69 Å². The Hall–Kier alpha value is -3.46. The first-order valence-corrected chi connectivity index (χ1v) is 10.1. The first kappa shape index (κ1) is 18.6. The van der Waals surface area contributed by atoms with Crippen LogP contribution in [0.15, 0.2) is 73.8 Å². The van der Waals surface area contributed by atoms with Gasteiger partial charge in [-0.2, -0.15) is 10.1 Å². The summed E-state index contributed by atoms with van der Waals surface area (Å²) in [5, 5.41) is 6.62. The molecular formula is C21H17BrN6O2. The van der Waals surface area contributed by atoms with Crippen molar-refractivity contribution < 1.29 is 0 Å². The molecule has 2 aromatic carbocycles. The number of nitrogens with zero attached hydrogens (tertiary/aromatic N) is 5. The second kappa shape index (κ2) is 7.10. The van der Waals surface area contributed by atoms with Crippen molar-refractivity contribution in [1.82, 2.24) is 19.1 Å². The van der Waals surface area contributed by atoms with Gasteiger partial charge in [0.25, 0.3) is 5.56 Å². The molecule has 0 radical (unpaired) electrons. The van der Waals surface area contributed by atoms with Gasteiger partial charge in [0, 0.05) is 11.5 Å². The van der Waals surface area contributed by atoms with E-state index in [0.717, 1.165) is 21.3 Å². The third kappa shape index (κ3) is 3.07. The van der Waals surface area contributed by atoms with E-state index in [1.165, 1.54) is 4.57 Å². The summed E-state index contributed by atoms with van der Waals surface area (Å²) < 4.78 is 4.15. The van der Waals surface area contributed by atoms with Gasteiger partial charge in [0.1, 0.15) is 0 Å². The molecule has 3 heterocycles. The number of aromatic nitrogens is 4. The average molecular weight is 465 g/mol. The van der Waals surface area contributed by atoms with Gasteiger partial charge in [0.05, 0.1) is 18.8 Å². The lowest BCUT2D eigenvalue weighted by Crippen LogP contribution is -2.32. The van der Waals surface area contributed by atoms with Gasteiger partial charge in [-0.05, 0) is 23.3 Å². The normalized spacial score (nSPS) is 13.4. The maximum Gasteiger partial charge on any atom is 0.329 e. The maximum absolute atomic E-state index is 12.6. The Morgan fingerprint density at radius 2 is 1.80 bits per heavy atom. The van der Waals surface area contributed by atoms with E-state index in [4.69, 9.17) is 5.10 Å². The van der Waals surface area contributed by atoms with Gasteiger partial charge in [-0.15, -0.1) is 0 Å². The molecule has 150 valence electrons. The average Bonchev–Trinajstić information content (AvgIpc) is 3.14. The standard InChI is InChI=1S/C21H17BrN6O2/c1-26-18-17(19(29)24-21(26)30)27-12-16(14-7-9-15(22)10-8-14)25-28(20(27)23-18)11-13-5-3-2-4-6-13/h2-10H,11-12H2,1H3,(H,24,29,30). The highest BCUT2D eigenvalue weighted by Gasteiger charge is 2.27. The Balaban J connectivity index is 1.71. The summed E-state index contributed by atoms with van der Waals surface area (Å²) in [5.41, 5.74) is 2.55. The molecule has 0 saturated heterocycles. The third-order valence-corrected chi connectivity index (χ3v) is 5.65. The fourth-order valence-corrected chi connectivity index (χ4v) is 3.86. The molecule has 0 saturated carbocycles. The number of H-pyrrole nitrogens is 1. The van der Waals surface area contributed by atoms with Gasteiger partial charge < -0.3 is 0 Å². The molecule has 0 unspecified atom stereocenters. The number of anilines is 1. The van der Waals surface area contributed by atoms with E-state index in [1.807, 2.05) is 59.2 Å². The van der Waals surface area contributed by atoms with Crippen molar-refractivity contribution >= 4 is 38.8 Å². The van der Waals surface area contributed by atoms with Crippen molar-refractivity contribution in [1.29, 1.82) is 0 Å². The summed E-state index contributed by atoms with van der Waals surface area (Å²) >= 11 is 3.46. The Bertz CT molecular complexity index is 1400. The van der Waals surface area contributed by atoms with Crippen LogP contribution in [0, 0.1) is 0 Å². The van der Waals surface area contributed by atoms with Crippen LogP contribution in [0.4, 0.5) is 5.95 Å². The molecule has 0 amide bonds. The highest BCUT2D eigenvalue weighted by Crippen LogP contribution is 2.27. The predicted octanol–water partition coefficient (Wildman–Crippen LogP) is 2.61. The van der Waals surface area contributed by atoms with Crippen LogP contribution < -0.4 is 16.3 Å². The minimum absolute atomic E-state index is 0.337. The van der Waals surface area contributed by atoms with E-state index in [9.17, 15) is 9.59 Å². The lowest BCUT2D eigenvalue weighted by molar-refractivity contribution is 0.721. The van der Waals surface area contributed by atoms with Crippen LogP contribution in [0.1, 0.15) is 11.1 Å². The molecule has 4 aromatic rings. The zero-order valence-electron chi connectivity index (χ0n) is 16.0. The van der Waals surface area contributed by atoms with Crippen LogP contribution in [0.5, 0.6) is 0 Å². The van der Waals surface area contributed by atoms with Crippen LogP contribution in [0.25, 0.3) is 11.2 Å². The van der Waals surface area contributed by atoms with Gasteiger partial charge in [-0.1, -0.05) is 58.4 Å². The van der Waals surface area contributed by atoms with E-state index < -0.39 is 11.2 Å². The molecule has 2 aromatic heterocycles. The number of halogens is 1. The van der Waals surface area contributed by atoms with Crippen molar-refractivity contribution in [3.8, 4) is 0 Å². The quantitative estimate of drug-likeness (QED) is 0.504. The largest absolute Gasteiger partial charge is 0.329 e. The molecule has 5 rings (SSSR count). The first-order chi connectivity index (χ1) is 14.5. The number of aromatic amines is 1. The van der Waals surface area contributed by atoms with Crippen LogP contribution in [0.3, 0.4) is 0 Å². The molecule has 1 N–H and O–H groups in total.